The molecule has 2 rings (SSSR count). The van der Waals surface area contributed by atoms with Gasteiger partial charge in [-0.25, -0.2) is 0 Å². The van der Waals surface area contributed by atoms with Crippen molar-refractivity contribution in [2.75, 3.05) is 13.1 Å². The highest BCUT2D eigenvalue weighted by Crippen LogP contribution is 2.19. The second kappa shape index (κ2) is 9.47. The van der Waals surface area contributed by atoms with Crippen LogP contribution in [0.3, 0.4) is 0 Å². The molecule has 0 amide bonds. The van der Waals surface area contributed by atoms with E-state index in [2.05, 4.69) is 10.6 Å². The van der Waals surface area contributed by atoms with Crippen molar-refractivity contribution in [1.29, 1.82) is 0 Å². The van der Waals surface area contributed by atoms with Gasteiger partial charge >= 0.3 is 0 Å². The molecule has 0 radical (unpaired) electrons. The summed E-state index contributed by atoms with van der Waals surface area (Å²) in [6, 6.07) is 1.59. The standard InChI is InChI=1S/C8H16N2.2C2H6/c1-2-4-8-7(3-1)9-5-6-10-8;2*1-2/h7-10H,1-6H2;2*1-2H3. The van der Waals surface area contributed by atoms with E-state index in [1.807, 2.05) is 27.7 Å². The second-order valence-electron chi connectivity index (χ2n) is 3.41. The topological polar surface area (TPSA) is 24.1 Å². The van der Waals surface area contributed by atoms with Crippen LogP contribution in [0.25, 0.3) is 0 Å². The minimum absolute atomic E-state index is 0.794. The summed E-state index contributed by atoms with van der Waals surface area (Å²) in [5.41, 5.74) is 0. The zero-order valence-corrected chi connectivity index (χ0v) is 10.4. The highest BCUT2D eigenvalue weighted by molar-refractivity contribution is 4.89. The van der Waals surface area contributed by atoms with Crippen molar-refractivity contribution in [1.82, 2.24) is 10.6 Å². The van der Waals surface area contributed by atoms with Gasteiger partial charge in [0.05, 0.1) is 0 Å². The average molecular weight is 200 g/mol. The van der Waals surface area contributed by atoms with Gasteiger partial charge in [-0.15, -0.1) is 0 Å². The van der Waals surface area contributed by atoms with Crippen molar-refractivity contribution < 1.29 is 0 Å². The van der Waals surface area contributed by atoms with Crippen LogP contribution in [0.1, 0.15) is 53.4 Å². The predicted octanol–water partition coefficient (Wildman–Crippen LogP) is 2.54. The maximum atomic E-state index is 3.56. The lowest BCUT2D eigenvalue weighted by molar-refractivity contribution is 0.251. The number of nitrogens with one attached hydrogen (secondary N) is 2. The molecular weight excluding hydrogens is 172 g/mol. The molecule has 1 saturated carbocycles. The minimum atomic E-state index is 0.794. The lowest BCUT2D eigenvalue weighted by Crippen LogP contribution is -2.56. The van der Waals surface area contributed by atoms with E-state index in [0.717, 1.165) is 12.1 Å². The zero-order chi connectivity index (χ0) is 10.8. The molecule has 1 heterocycles. The van der Waals surface area contributed by atoms with Crippen molar-refractivity contribution in [3.05, 3.63) is 0 Å². The Morgan fingerprint density at radius 1 is 0.714 bits per heavy atom. The Hall–Kier alpha value is -0.0800. The summed E-state index contributed by atoms with van der Waals surface area (Å²) < 4.78 is 0. The summed E-state index contributed by atoms with van der Waals surface area (Å²) in [6.07, 6.45) is 5.63. The van der Waals surface area contributed by atoms with Crippen molar-refractivity contribution in [3.8, 4) is 0 Å². The summed E-state index contributed by atoms with van der Waals surface area (Å²) in [6.45, 7) is 10.3. The molecule has 2 fully saturated rings. The van der Waals surface area contributed by atoms with Gasteiger partial charge < -0.3 is 10.6 Å². The van der Waals surface area contributed by atoms with E-state index in [-0.39, 0.29) is 0 Å². The minimum Gasteiger partial charge on any atom is -0.311 e. The Morgan fingerprint density at radius 3 is 1.43 bits per heavy atom. The third-order valence-corrected chi connectivity index (χ3v) is 2.70. The SMILES string of the molecule is C1CCC2NCCNC2C1.CC.CC. The van der Waals surface area contributed by atoms with Crippen LogP contribution < -0.4 is 10.6 Å². The molecule has 14 heavy (non-hydrogen) atoms. The lowest BCUT2D eigenvalue weighted by Gasteiger charge is -2.37. The van der Waals surface area contributed by atoms with Crippen LogP contribution in [0, 0.1) is 0 Å². The first kappa shape index (κ1) is 13.9. The third kappa shape index (κ3) is 4.43. The average Bonchev–Trinajstić information content (AvgIpc) is 2.34. The first-order chi connectivity index (χ1) is 6.97. The van der Waals surface area contributed by atoms with Gasteiger partial charge in [0.1, 0.15) is 0 Å². The van der Waals surface area contributed by atoms with Crippen molar-refractivity contribution in [2.45, 2.75) is 65.5 Å². The third-order valence-electron chi connectivity index (χ3n) is 2.70. The Labute approximate surface area is 89.9 Å². The molecule has 0 spiro atoms. The van der Waals surface area contributed by atoms with Gasteiger partial charge in [0.15, 0.2) is 0 Å². The summed E-state index contributed by atoms with van der Waals surface area (Å²) in [7, 11) is 0. The largest absolute Gasteiger partial charge is 0.311 e. The molecule has 2 nitrogen and oxygen atoms in total. The molecule has 1 aliphatic carbocycles. The second-order valence-corrected chi connectivity index (χ2v) is 3.41. The number of fused-ring (bicyclic) bond motifs is 1. The molecule has 86 valence electrons. The Balaban J connectivity index is 0.000000379. The van der Waals surface area contributed by atoms with E-state index in [9.17, 15) is 0 Å². The fourth-order valence-electron chi connectivity index (χ4n) is 2.13. The lowest BCUT2D eigenvalue weighted by atomic mass is 9.89. The van der Waals surface area contributed by atoms with Gasteiger partial charge in [0, 0.05) is 25.2 Å². The van der Waals surface area contributed by atoms with E-state index >= 15 is 0 Å². The Bertz CT molecular complexity index is 88.9. The number of piperazine rings is 1. The van der Waals surface area contributed by atoms with Crippen molar-refractivity contribution in [3.63, 3.8) is 0 Å². The molecule has 2 atom stereocenters. The Morgan fingerprint density at radius 2 is 1.07 bits per heavy atom. The quantitative estimate of drug-likeness (QED) is 0.628. The number of hydrogen-bond acceptors (Lipinski definition) is 2. The van der Waals surface area contributed by atoms with E-state index in [1.165, 1.54) is 38.8 Å². The number of rotatable bonds is 0. The van der Waals surface area contributed by atoms with E-state index in [1.54, 1.807) is 0 Å². The van der Waals surface area contributed by atoms with Crippen LogP contribution in [0.5, 0.6) is 0 Å². The molecule has 1 saturated heterocycles. The van der Waals surface area contributed by atoms with Gasteiger partial charge in [0.2, 0.25) is 0 Å². The van der Waals surface area contributed by atoms with Crippen molar-refractivity contribution >= 4 is 0 Å². The first-order valence-electron chi connectivity index (χ1n) is 6.43. The highest BCUT2D eigenvalue weighted by Gasteiger charge is 2.26. The summed E-state index contributed by atoms with van der Waals surface area (Å²) in [4.78, 5) is 0. The van der Waals surface area contributed by atoms with Crippen LogP contribution in [-0.4, -0.2) is 25.2 Å². The van der Waals surface area contributed by atoms with E-state index in [4.69, 9.17) is 0 Å². The highest BCUT2D eigenvalue weighted by atomic mass is 15.1. The Kier molecular flexibility index (Phi) is 9.42. The van der Waals surface area contributed by atoms with Crippen LogP contribution in [0.15, 0.2) is 0 Å². The van der Waals surface area contributed by atoms with Gasteiger partial charge in [-0.3, -0.25) is 0 Å². The fourth-order valence-corrected chi connectivity index (χ4v) is 2.13. The smallest absolute Gasteiger partial charge is 0.0221 e. The van der Waals surface area contributed by atoms with Gasteiger partial charge in [-0.1, -0.05) is 40.5 Å². The molecule has 2 heteroatoms. The van der Waals surface area contributed by atoms with Gasteiger partial charge in [-0.05, 0) is 12.8 Å². The molecule has 2 unspecified atom stereocenters. The van der Waals surface area contributed by atoms with Crippen molar-refractivity contribution in [2.24, 2.45) is 0 Å². The van der Waals surface area contributed by atoms with E-state index in [0.29, 0.717) is 0 Å². The van der Waals surface area contributed by atoms with Crippen LogP contribution in [-0.2, 0) is 0 Å². The molecule has 0 bridgehead atoms. The maximum absolute atomic E-state index is 3.56. The van der Waals surface area contributed by atoms with Gasteiger partial charge in [0.25, 0.3) is 0 Å². The van der Waals surface area contributed by atoms with E-state index < -0.39 is 0 Å². The molecule has 2 N–H and O–H groups in total. The molecule has 0 aromatic rings. The molecule has 1 aliphatic heterocycles. The molecular formula is C12H28N2. The molecule has 2 aliphatic rings. The number of hydrogen-bond donors (Lipinski definition) is 2. The normalized spacial score (nSPS) is 30.0. The fraction of sp³-hybridized carbons (Fsp3) is 1.00. The first-order valence-corrected chi connectivity index (χ1v) is 6.43. The van der Waals surface area contributed by atoms with Crippen LogP contribution in [0.4, 0.5) is 0 Å². The molecule has 0 aromatic carbocycles. The molecule has 0 aromatic heterocycles. The summed E-state index contributed by atoms with van der Waals surface area (Å²) in [5, 5.41) is 7.12. The van der Waals surface area contributed by atoms with Gasteiger partial charge in [-0.2, -0.15) is 0 Å². The summed E-state index contributed by atoms with van der Waals surface area (Å²) >= 11 is 0. The summed E-state index contributed by atoms with van der Waals surface area (Å²) in [5.74, 6) is 0. The maximum Gasteiger partial charge on any atom is 0.0221 e. The monoisotopic (exact) mass is 200 g/mol. The van der Waals surface area contributed by atoms with Crippen LogP contribution in [0.2, 0.25) is 0 Å². The van der Waals surface area contributed by atoms with Crippen LogP contribution >= 0.6 is 0 Å². The predicted molar refractivity (Wildman–Crippen MR) is 64.7 cm³/mol. The zero-order valence-electron chi connectivity index (χ0n) is 10.4.